The zero-order valence-corrected chi connectivity index (χ0v) is 52.2. The molecule has 0 saturated heterocycles. The number of halogens is 2. The van der Waals surface area contributed by atoms with E-state index in [0.29, 0.717) is 40.7 Å². The number of aliphatic hydroxyl groups is 6. The molecular formula is C63H77F2N21O6. The van der Waals surface area contributed by atoms with Gasteiger partial charge in [0, 0.05) is 89.4 Å². The van der Waals surface area contributed by atoms with E-state index in [0.717, 1.165) is 74.2 Å². The molecule has 12 heterocycles. The lowest BCUT2D eigenvalue weighted by Crippen LogP contribution is -2.40. The maximum absolute atomic E-state index is 13.4. The zero-order chi connectivity index (χ0) is 65.0. The summed E-state index contributed by atoms with van der Waals surface area (Å²) < 4.78 is 42.6. The lowest BCUT2D eigenvalue weighted by atomic mass is 9.75. The van der Waals surface area contributed by atoms with Gasteiger partial charge < -0.3 is 30.6 Å². The second kappa shape index (κ2) is 27.7. The number of hydrogen-bond donors (Lipinski definition) is 6. The molecule has 12 aromatic rings. The van der Waals surface area contributed by atoms with Crippen LogP contribution in [0.15, 0.2) is 130 Å². The van der Waals surface area contributed by atoms with Crippen LogP contribution < -0.4 is 0 Å². The summed E-state index contributed by atoms with van der Waals surface area (Å²) in [6, 6.07) is 6.22. The van der Waals surface area contributed by atoms with Crippen molar-refractivity contribution in [3.63, 3.8) is 0 Å². The van der Waals surface area contributed by atoms with Crippen LogP contribution >= 0.6 is 0 Å². The van der Waals surface area contributed by atoms with E-state index >= 15 is 0 Å². The fourth-order valence-electron chi connectivity index (χ4n) is 11.3. The van der Waals surface area contributed by atoms with Crippen LogP contribution in [0, 0.1) is 17.8 Å². The summed E-state index contributed by atoms with van der Waals surface area (Å²) >= 11 is 0. The molecular weight excluding hydrogens is 1180 g/mol. The first-order valence-corrected chi connectivity index (χ1v) is 30.8. The Bertz CT molecular complexity index is 4370. The number of alkyl halides is 2. The molecule has 1 unspecified atom stereocenters. The van der Waals surface area contributed by atoms with Gasteiger partial charge >= 0.3 is 0 Å². The van der Waals surface area contributed by atoms with Gasteiger partial charge in [-0.25, -0.2) is 37.3 Å². The number of fused-ring (bicyclic) bond motifs is 3. The average Bonchev–Trinajstić information content (AvgIpc) is 1.56. The Kier molecular flexibility index (Phi) is 19.3. The summed E-state index contributed by atoms with van der Waals surface area (Å²) in [5.74, 6) is -1.59. The van der Waals surface area contributed by atoms with Gasteiger partial charge in [-0.2, -0.15) is 45.9 Å². The number of hydrogen-bond acceptors (Lipinski definition) is 18. The SMILES string of the molecule is CC(C)C[C@@H](C)n1cc(-c2nc(-c3cnn(C[C@H](O)CO)c3)cn3nccc23)cn1.CC(C)[C@H](C)n1cc(-c2nc(-c3cnn(C[C@@H](O)CO)c3)cn3nccc23)cn1.CCC(C1CC(F)(F)C1)n1cc(-c2nc(-c3cnn(C[C@@H](O)CO)c3)cn3nccc23)cn1. The minimum Gasteiger partial charge on any atom is -0.394 e. The molecule has 27 nitrogen and oxygen atoms in total. The quantitative estimate of drug-likeness (QED) is 0.0367. The van der Waals surface area contributed by atoms with Crippen LogP contribution in [0.4, 0.5) is 8.78 Å². The molecule has 0 bridgehead atoms. The molecule has 1 fully saturated rings. The lowest BCUT2D eigenvalue weighted by molar-refractivity contribution is -0.125. The predicted octanol–water partition coefficient (Wildman–Crippen LogP) is 7.25. The summed E-state index contributed by atoms with van der Waals surface area (Å²) in [4.78, 5) is 14.6. The third-order valence-corrected chi connectivity index (χ3v) is 16.5. The maximum atomic E-state index is 13.4. The first kappa shape index (κ1) is 64.3. The van der Waals surface area contributed by atoms with Gasteiger partial charge in [-0.05, 0) is 62.6 Å². The van der Waals surface area contributed by atoms with Crippen LogP contribution in [0.3, 0.4) is 0 Å². The molecule has 6 N–H and O–H groups in total. The van der Waals surface area contributed by atoms with E-state index in [1.54, 1.807) is 100 Å². The van der Waals surface area contributed by atoms with Crippen molar-refractivity contribution in [2.75, 3.05) is 19.8 Å². The maximum Gasteiger partial charge on any atom is 0.248 e. The topological polar surface area (TPSA) is 319 Å². The van der Waals surface area contributed by atoms with Crippen LogP contribution in [-0.2, 0) is 19.6 Å². The monoisotopic (exact) mass is 1260 g/mol. The molecule has 0 spiro atoms. The van der Waals surface area contributed by atoms with E-state index < -0.39 is 24.2 Å². The van der Waals surface area contributed by atoms with Crippen molar-refractivity contribution in [2.45, 2.75) is 136 Å². The van der Waals surface area contributed by atoms with E-state index in [9.17, 15) is 24.1 Å². The van der Waals surface area contributed by atoms with Gasteiger partial charge in [0.05, 0.1) is 195 Å². The first-order chi connectivity index (χ1) is 44.3. The van der Waals surface area contributed by atoms with Crippen molar-refractivity contribution < 1.29 is 39.4 Å². The number of aliphatic hydroxyl groups excluding tert-OH is 6. The Hall–Kier alpha value is -9.26. The summed E-state index contributed by atoms with van der Waals surface area (Å²) in [5, 5.41) is 95.5. The van der Waals surface area contributed by atoms with Gasteiger partial charge in [0.25, 0.3) is 0 Å². The van der Waals surface area contributed by atoms with Crippen LogP contribution in [-0.4, -0.2) is 177 Å². The minimum atomic E-state index is -2.56. The van der Waals surface area contributed by atoms with Crippen LogP contribution in [0.2, 0.25) is 0 Å². The second-order valence-corrected chi connectivity index (χ2v) is 24.4. The van der Waals surface area contributed by atoms with Crippen molar-refractivity contribution in [3.05, 3.63) is 130 Å². The van der Waals surface area contributed by atoms with Crippen LogP contribution in [0.1, 0.15) is 92.3 Å². The Morgan fingerprint density at radius 1 is 0.467 bits per heavy atom. The van der Waals surface area contributed by atoms with E-state index in [2.05, 4.69) is 87.4 Å². The standard InChI is InChI=1S/C22H25F2N7O2.C21H27N7O2.C20H25N7O2/c1-2-19(14-5-22(23,24)6-14)30-10-16(8-27-30)21-20-3-4-25-31(20)12-18(28-21)15-7-26-29(9-15)11-17(33)13-32;1-14(2)6-15(3)27-10-17(8-24-27)21-20-4-5-22-28(20)12-19(25-21)16-7-23-26(9-16)11-18(30)13-29;1-13(2)14(3)26-9-16(7-23-26)20-19-4-5-21-27(19)11-18(24-20)15-6-22-25(8-15)10-17(29)12-28/h3-4,7-10,12,14,17,19,32-33H,2,5-6,11,13H2,1H3;4-5,7-10,12,14-15,18,29-30H,6,11,13H2,1-3H3;4-9,11,13-14,17,28-29H,10,12H2,1-3H3/t17-,19?;15-,18+;14-,17+/m110/s1. The molecule has 0 amide bonds. The third-order valence-electron chi connectivity index (χ3n) is 16.5. The summed E-state index contributed by atoms with van der Waals surface area (Å²) in [6.45, 7) is 14.7. The summed E-state index contributed by atoms with van der Waals surface area (Å²) in [7, 11) is 0. The number of rotatable bonds is 23. The van der Waals surface area contributed by atoms with Crippen molar-refractivity contribution >= 4 is 16.6 Å². The molecule has 1 saturated carbocycles. The fraction of sp³-hybridized carbons (Fsp3) is 0.429. The highest BCUT2D eigenvalue weighted by Crippen LogP contribution is 2.48. The van der Waals surface area contributed by atoms with Crippen LogP contribution in [0.25, 0.3) is 84.1 Å². The summed E-state index contributed by atoms with van der Waals surface area (Å²) in [6.07, 6.45) is 31.3. The normalized spacial score (nSPS) is 15.4. The zero-order valence-electron chi connectivity index (χ0n) is 52.2. The molecule has 0 aromatic carbocycles. The molecule has 12 aromatic heterocycles. The van der Waals surface area contributed by atoms with E-state index in [4.69, 9.17) is 30.3 Å². The largest absolute Gasteiger partial charge is 0.394 e. The first-order valence-electron chi connectivity index (χ1n) is 30.8. The molecule has 0 radical (unpaired) electrons. The van der Waals surface area contributed by atoms with Gasteiger partial charge in [-0.1, -0.05) is 34.6 Å². The van der Waals surface area contributed by atoms with Gasteiger partial charge in [0.1, 0.15) is 0 Å². The lowest BCUT2D eigenvalue weighted by Gasteiger charge is -2.39. The molecule has 484 valence electrons. The van der Waals surface area contributed by atoms with Gasteiger partial charge in [-0.3, -0.25) is 28.1 Å². The average molecular weight is 1260 g/mol. The van der Waals surface area contributed by atoms with E-state index in [1.807, 2.05) is 77.9 Å². The Morgan fingerprint density at radius 2 is 0.826 bits per heavy atom. The van der Waals surface area contributed by atoms with Gasteiger partial charge in [0.2, 0.25) is 5.92 Å². The van der Waals surface area contributed by atoms with Crippen molar-refractivity contribution in [1.29, 1.82) is 0 Å². The van der Waals surface area contributed by atoms with Crippen molar-refractivity contribution in [3.8, 4) is 67.5 Å². The summed E-state index contributed by atoms with van der Waals surface area (Å²) in [5.41, 5.74) is 11.9. The van der Waals surface area contributed by atoms with E-state index in [1.165, 1.54) is 0 Å². The molecule has 1 aliphatic rings. The smallest absolute Gasteiger partial charge is 0.248 e. The number of nitrogens with zero attached hydrogens (tertiary/aromatic N) is 21. The predicted molar refractivity (Wildman–Crippen MR) is 336 cm³/mol. The van der Waals surface area contributed by atoms with Crippen molar-refractivity contribution in [1.82, 2.24) is 102 Å². The molecule has 0 aliphatic heterocycles. The van der Waals surface area contributed by atoms with E-state index in [-0.39, 0.29) is 70.3 Å². The Balaban J connectivity index is 0.000000142. The van der Waals surface area contributed by atoms with Crippen LogP contribution in [0.5, 0.6) is 0 Å². The number of aromatic nitrogens is 21. The molecule has 29 heteroatoms. The highest BCUT2D eigenvalue weighted by atomic mass is 19.3. The molecule has 1 aliphatic carbocycles. The third kappa shape index (κ3) is 14.4. The molecule has 13 rings (SSSR count). The molecule has 92 heavy (non-hydrogen) atoms. The highest BCUT2D eigenvalue weighted by molar-refractivity contribution is 5.80. The Morgan fingerprint density at radius 3 is 1.18 bits per heavy atom. The second-order valence-electron chi connectivity index (χ2n) is 24.4. The van der Waals surface area contributed by atoms with Crippen molar-refractivity contribution in [2.24, 2.45) is 17.8 Å². The van der Waals surface area contributed by atoms with Gasteiger partial charge in [-0.15, -0.1) is 0 Å². The molecule has 6 atom stereocenters. The van der Waals surface area contributed by atoms with Gasteiger partial charge in [0.15, 0.2) is 0 Å². The highest BCUT2D eigenvalue weighted by Gasteiger charge is 2.48. The minimum absolute atomic E-state index is 0.0846. The fourth-order valence-corrected chi connectivity index (χ4v) is 11.3. The Labute approximate surface area is 527 Å².